The summed E-state index contributed by atoms with van der Waals surface area (Å²) in [5.74, 6) is 0.232. The molecule has 7 heteroatoms. The third-order valence-electron chi connectivity index (χ3n) is 4.28. The van der Waals surface area contributed by atoms with Crippen LogP contribution in [0.15, 0.2) is 0 Å². The predicted molar refractivity (Wildman–Crippen MR) is 69.0 cm³/mol. The second-order valence-corrected chi connectivity index (χ2v) is 7.94. The Morgan fingerprint density at radius 3 is 2.68 bits per heavy atom. The summed E-state index contributed by atoms with van der Waals surface area (Å²) in [7, 11) is -1.47. The number of sulfonamides is 1. The molecule has 0 spiro atoms. The minimum atomic E-state index is -3.08. The molecule has 0 unspecified atom stereocenters. The Balaban J connectivity index is 1.57. The van der Waals surface area contributed by atoms with Gasteiger partial charge in [-0.1, -0.05) is 0 Å². The zero-order valence-electron chi connectivity index (χ0n) is 11.0. The van der Waals surface area contributed by atoms with Crippen molar-refractivity contribution in [2.45, 2.75) is 43.1 Å². The molecule has 2 heterocycles. The minimum Gasteiger partial charge on any atom is -0.373 e. The van der Waals surface area contributed by atoms with E-state index in [1.807, 2.05) is 0 Å². The summed E-state index contributed by atoms with van der Waals surface area (Å²) in [6.45, 7) is 1.03. The lowest BCUT2D eigenvalue weighted by Crippen LogP contribution is -2.34. The molecular formula is C12H20N2O4S. The molecule has 0 bridgehead atoms. The van der Waals surface area contributed by atoms with Crippen molar-refractivity contribution in [3.05, 3.63) is 0 Å². The van der Waals surface area contributed by atoms with Crippen LogP contribution in [-0.2, 0) is 19.6 Å². The largest absolute Gasteiger partial charge is 0.373 e. The van der Waals surface area contributed by atoms with Crippen LogP contribution < -0.4 is 5.32 Å². The lowest BCUT2D eigenvalue weighted by atomic mass is 10.0. The Hall–Kier alpha value is -0.660. The number of hydrogen-bond acceptors (Lipinski definition) is 4. The van der Waals surface area contributed by atoms with Gasteiger partial charge >= 0.3 is 0 Å². The lowest BCUT2D eigenvalue weighted by molar-refractivity contribution is -0.123. The van der Waals surface area contributed by atoms with Crippen molar-refractivity contribution in [2.75, 3.05) is 20.1 Å². The molecule has 19 heavy (non-hydrogen) atoms. The molecule has 0 aromatic rings. The van der Waals surface area contributed by atoms with Crippen molar-refractivity contribution in [3.8, 4) is 0 Å². The SMILES string of the molecule is CNC(=O)C[C@H]1C[C@H]2CN(S(=O)(=O)C3CC3)C[C@H]2O1. The molecule has 2 saturated heterocycles. The summed E-state index contributed by atoms with van der Waals surface area (Å²) in [5, 5.41) is 2.44. The summed E-state index contributed by atoms with van der Waals surface area (Å²) in [6, 6.07) is 0. The monoisotopic (exact) mass is 288 g/mol. The van der Waals surface area contributed by atoms with Crippen molar-refractivity contribution in [3.63, 3.8) is 0 Å². The standard InChI is InChI=1S/C12H20N2O4S/c1-13-12(15)5-9-4-8-6-14(7-11(8)18-9)19(16,17)10-2-3-10/h8-11H,2-7H2,1H3,(H,13,15)/t8-,9+,11+/m0/s1. The number of nitrogens with one attached hydrogen (secondary N) is 1. The Morgan fingerprint density at radius 1 is 1.37 bits per heavy atom. The Kier molecular flexibility index (Phi) is 3.31. The van der Waals surface area contributed by atoms with E-state index in [-0.39, 0.29) is 29.3 Å². The van der Waals surface area contributed by atoms with E-state index < -0.39 is 10.0 Å². The number of carbonyl (C=O) groups excluding carboxylic acids is 1. The number of ether oxygens (including phenoxy) is 1. The summed E-state index contributed by atoms with van der Waals surface area (Å²) in [5.41, 5.74) is 0. The van der Waals surface area contributed by atoms with E-state index in [4.69, 9.17) is 4.74 Å². The first-order valence-corrected chi connectivity index (χ1v) is 8.36. The van der Waals surface area contributed by atoms with Crippen LogP contribution in [0, 0.1) is 5.92 Å². The van der Waals surface area contributed by atoms with Gasteiger partial charge in [-0.25, -0.2) is 8.42 Å². The van der Waals surface area contributed by atoms with Crippen LogP contribution in [0.3, 0.4) is 0 Å². The molecule has 0 aromatic heterocycles. The number of amides is 1. The molecule has 1 N–H and O–H groups in total. The number of hydrogen-bond donors (Lipinski definition) is 1. The first-order chi connectivity index (χ1) is 9.00. The van der Waals surface area contributed by atoms with Crippen LogP contribution in [0.5, 0.6) is 0 Å². The normalized spacial score (nSPS) is 35.3. The van der Waals surface area contributed by atoms with Gasteiger partial charge in [0.25, 0.3) is 0 Å². The van der Waals surface area contributed by atoms with Gasteiger partial charge in [0.05, 0.1) is 23.9 Å². The van der Waals surface area contributed by atoms with E-state index in [2.05, 4.69) is 5.32 Å². The average Bonchev–Trinajstić information content (AvgIpc) is 3.04. The Bertz CT molecular complexity index is 460. The van der Waals surface area contributed by atoms with Gasteiger partial charge < -0.3 is 10.1 Å². The maximum atomic E-state index is 12.1. The van der Waals surface area contributed by atoms with Gasteiger partial charge in [0.1, 0.15) is 0 Å². The van der Waals surface area contributed by atoms with Crippen LogP contribution >= 0.6 is 0 Å². The maximum absolute atomic E-state index is 12.1. The molecule has 3 aliphatic rings. The molecule has 3 fully saturated rings. The zero-order chi connectivity index (χ0) is 13.6. The van der Waals surface area contributed by atoms with Gasteiger partial charge in [0, 0.05) is 26.1 Å². The fourth-order valence-corrected chi connectivity index (χ4v) is 4.96. The molecular weight excluding hydrogens is 268 g/mol. The highest BCUT2D eigenvalue weighted by atomic mass is 32.2. The summed E-state index contributed by atoms with van der Waals surface area (Å²) in [6.07, 6.45) is 2.68. The molecule has 1 amide bonds. The van der Waals surface area contributed by atoms with E-state index in [1.165, 1.54) is 0 Å². The number of fused-ring (bicyclic) bond motifs is 1. The molecule has 108 valence electrons. The van der Waals surface area contributed by atoms with E-state index in [0.717, 1.165) is 19.3 Å². The van der Waals surface area contributed by atoms with Crippen LogP contribution in [0.1, 0.15) is 25.7 Å². The number of rotatable bonds is 4. The highest BCUT2D eigenvalue weighted by Crippen LogP contribution is 2.39. The summed E-state index contributed by atoms with van der Waals surface area (Å²) < 4.78 is 31.7. The van der Waals surface area contributed by atoms with Gasteiger partial charge in [-0.15, -0.1) is 0 Å². The van der Waals surface area contributed by atoms with Crippen LogP contribution in [0.4, 0.5) is 0 Å². The second-order valence-electron chi connectivity index (χ2n) is 5.73. The smallest absolute Gasteiger partial charge is 0.222 e. The third kappa shape index (κ3) is 2.51. The highest BCUT2D eigenvalue weighted by molar-refractivity contribution is 7.90. The molecule has 0 aromatic carbocycles. The van der Waals surface area contributed by atoms with Crippen LogP contribution in [0.2, 0.25) is 0 Å². The Labute approximate surface area is 113 Å². The quantitative estimate of drug-likeness (QED) is 0.771. The molecule has 0 radical (unpaired) electrons. The maximum Gasteiger partial charge on any atom is 0.222 e. The van der Waals surface area contributed by atoms with E-state index >= 15 is 0 Å². The molecule has 1 saturated carbocycles. The van der Waals surface area contributed by atoms with E-state index in [0.29, 0.717) is 19.5 Å². The summed E-state index contributed by atoms with van der Waals surface area (Å²) in [4.78, 5) is 11.3. The van der Waals surface area contributed by atoms with Gasteiger partial charge in [0.15, 0.2) is 0 Å². The Morgan fingerprint density at radius 2 is 2.11 bits per heavy atom. The van der Waals surface area contributed by atoms with Gasteiger partial charge in [-0.05, 0) is 19.3 Å². The fourth-order valence-electron chi connectivity index (χ4n) is 3.05. The van der Waals surface area contributed by atoms with Gasteiger partial charge in [-0.3, -0.25) is 4.79 Å². The van der Waals surface area contributed by atoms with Crippen molar-refractivity contribution >= 4 is 15.9 Å². The van der Waals surface area contributed by atoms with Crippen molar-refractivity contribution in [2.24, 2.45) is 5.92 Å². The highest BCUT2D eigenvalue weighted by Gasteiger charge is 2.49. The number of carbonyl (C=O) groups is 1. The van der Waals surface area contributed by atoms with Crippen molar-refractivity contribution in [1.82, 2.24) is 9.62 Å². The predicted octanol–water partition coefficient (Wildman–Crippen LogP) is -0.296. The van der Waals surface area contributed by atoms with Crippen LogP contribution in [-0.4, -0.2) is 56.2 Å². The molecule has 3 atom stereocenters. The van der Waals surface area contributed by atoms with Crippen molar-refractivity contribution in [1.29, 1.82) is 0 Å². The topological polar surface area (TPSA) is 75.7 Å². The summed E-state index contributed by atoms with van der Waals surface area (Å²) >= 11 is 0. The van der Waals surface area contributed by atoms with E-state index in [9.17, 15) is 13.2 Å². The molecule has 3 rings (SSSR count). The third-order valence-corrected chi connectivity index (χ3v) is 6.61. The second kappa shape index (κ2) is 4.71. The lowest BCUT2D eigenvalue weighted by Gasteiger charge is -2.18. The molecule has 1 aliphatic carbocycles. The molecule has 2 aliphatic heterocycles. The first-order valence-electron chi connectivity index (χ1n) is 6.85. The minimum absolute atomic E-state index is 0.0209. The number of nitrogens with zero attached hydrogens (tertiary/aromatic N) is 1. The average molecular weight is 288 g/mol. The van der Waals surface area contributed by atoms with Gasteiger partial charge in [0.2, 0.25) is 15.9 Å². The van der Waals surface area contributed by atoms with E-state index in [1.54, 1.807) is 11.4 Å². The first kappa shape index (κ1) is 13.3. The zero-order valence-corrected chi connectivity index (χ0v) is 11.9. The van der Waals surface area contributed by atoms with Crippen LogP contribution in [0.25, 0.3) is 0 Å². The fraction of sp³-hybridized carbons (Fsp3) is 0.917. The molecule has 6 nitrogen and oxygen atoms in total. The van der Waals surface area contributed by atoms with Gasteiger partial charge in [-0.2, -0.15) is 4.31 Å². The van der Waals surface area contributed by atoms with Crippen molar-refractivity contribution < 1.29 is 17.9 Å².